The lowest BCUT2D eigenvalue weighted by Gasteiger charge is -2.18. The average Bonchev–Trinajstić information content (AvgIpc) is 2.65. The normalized spacial score (nSPS) is 21.9. The van der Waals surface area contributed by atoms with Gasteiger partial charge in [0.1, 0.15) is 0 Å². The lowest BCUT2D eigenvalue weighted by atomic mass is 10.1. The fourth-order valence-corrected chi connectivity index (χ4v) is 2.05. The van der Waals surface area contributed by atoms with E-state index in [-0.39, 0.29) is 18.0 Å². The van der Waals surface area contributed by atoms with Gasteiger partial charge in [-0.2, -0.15) is 0 Å². The van der Waals surface area contributed by atoms with Gasteiger partial charge in [-0.1, -0.05) is 23.7 Å². The summed E-state index contributed by atoms with van der Waals surface area (Å²) in [6, 6.07) is 8.24. The van der Waals surface area contributed by atoms with Crippen molar-refractivity contribution >= 4 is 17.5 Å². The molecule has 0 bridgehead atoms. The highest BCUT2D eigenvalue weighted by Gasteiger charge is 2.22. The fourth-order valence-electron chi connectivity index (χ4n) is 1.92. The Morgan fingerprint density at radius 3 is 2.69 bits per heavy atom. The van der Waals surface area contributed by atoms with Crippen LogP contribution >= 0.6 is 11.6 Å². The van der Waals surface area contributed by atoms with Crippen molar-refractivity contribution in [3.05, 3.63) is 34.9 Å². The zero-order chi connectivity index (χ0) is 11.5. The number of nitrogens with one attached hydrogen (secondary N) is 2. The summed E-state index contributed by atoms with van der Waals surface area (Å²) in [7, 11) is 0. The molecule has 2 unspecified atom stereocenters. The van der Waals surface area contributed by atoms with Gasteiger partial charge in [0.05, 0.1) is 0 Å². The van der Waals surface area contributed by atoms with E-state index in [0.29, 0.717) is 6.42 Å². The van der Waals surface area contributed by atoms with Gasteiger partial charge in [-0.05, 0) is 24.6 Å². The van der Waals surface area contributed by atoms with Crippen LogP contribution in [0.5, 0.6) is 0 Å². The van der Waals surface area contributed by atoms with E-state index in [9.17, 15) is 4.79 Å². The van der Waals surface area contributed by atoms with E-state index in [4.69, 9.17) is 11.6 Å². The van der Waals surface area contributed by atoms with Crippen LogP contribution in [0.3, 0.4) is 0 Å². The smallest absolute Gasteiger partial charge is 0.221 e. The molecule has 1 saturated heterocycles. The van der Waals surface area contributed by atoms with E-state index in [2.05, 4.69) is 17.6 Å². The van der Waals surface area contributed by atoms with Crippen molar-refractivity contribution in [3.8, 4) is 0 Å². The third kappa shape index (κ3) is 2.74. The second-order valence-corrected chi connectivity index (χ2v) is 4.58. The Kier molecular flexibility index (Phi) is 3.46. The Morgan fingerprint density at radius 1 is 1.44 bits per heavy atom. The Hall–Kier alpha value is -1.06. The van der Waals surface area contributed by atoms with Crippen LogP contribution in [0.25, 0.3) is 0 Å². The van der Waals surface area contributed by atoms with Crippen molar-refractivity contribution < 1.29 is 4.79 Å². The van der Waals surface area contributed by atoms with Gasteiger partial charge in [0.25, 0.3) is 0 Å². The first kappa shape index (κ1) is 11.4. The monoisotopic (exact) mass is 238 g/mol. The minimum absolute atomic E-state index is 0.126. The highest BCUT2D eigenvalue weighted by atomic mass is 35.5. The molecule has 0 aromatic heterocycles. The molecule has 0 spiro atoms. The molecule has 4 heteroatoms. The SMILES string of the molecule is CC(NC1CNC(=O)C1)c1ccc(Cl)cc1. The van der Waals surface area contributed by atoms with Crippen molar-refractivity contribution in [1.82, 2.24) is 10.6 Å². The first-order valence-electron chi connectivity index (χ1n) is 5.43. The van der Waals surface area contributed by atoms with Crippen molar-refractivity contribution in [1.29, 1.82) is 0 Å². The van der Waals surface area contributed by atoms with E-state index in [0.717, 1.165) is 11.6 Å². The van der Waals surface area contributed by atoms with Crippen LogP contribution < -0.4 is 10.6 Å². The quantitative estimate of drug-likeness (QED) is 0.844. The first-order chi connectivity index (χ1) is 7.65. The maximum Gasteiger partial charge on any atom is 0.221 e. The standard InChI is InChI=1S/C12H15ClN2O/c1-8(9-2-4-10(13)5-3-9)15-11-6-12(16)14-7-11/h2-5,8,11,15H,6-7H2,1H3,(H,14,16). The van der Waals surface area contributed by atoms with Crippen molar-refractivity contribution in [2.75, 3.05) is 6.54 Å². The predicted molar refractivity (Wildman–Crippen MR) is 64.4 cm³/mol. The van der Waals surface area contributed by atoms with Crippen LogP contribution in [0.2, 0.25) is 5.02 Å². The van der Waals surface area contributed by atoms with Crippen molar-refractivity contribution in [2.24, 2.45) is 0 Å². The van der Waals surface area contributed by atoms with Crippen molar-refractivity contribution in [3.63, 3.8) is 0 Å². The molecule has 2 rings (SSSR count). The molecule has 1 heterocycles. The molecule has 2 N–H and O–H groups in total. The van der Waals surface area contributed by atoms with Crippen LogP contribution in [0.4, 0.5) is 0 Å². The second-order valence-electron chi connectivity index (χ2n) is 4.15. The Morgan fingerprint density at radius 2 is 2.12 bits per heavy atom. The van der Waals surface area contributed by atoms with Gasteiger partial charge in [-0.15, -0.1) is 0 Å². The minimum Gasteiger partial charge on any atom is -0.354 e. The van der Waals surface area contributed by atoms with Crippen LogP contribution in [0.1, 0.15) is 24.9 Å². The number of carbonyl (C=O) groups is 1. The van der Waals surface area contributed by atoms with E-state index in [1.807, 2.05) is 24.3 Å². The number of carbonyl (C=O) groups excluding carboxylic acids is 1. The van der Waals surface area contributed by atoms with Crippen LogP contribution in [0, 0.1) is 0 Å². The molecular weight excluding hydrogens is 224 g/mol. The summed E-state index contributed by atoms with van der Waals surface area (Å²) in [6.45, 7) is 2.81. The van der Waals surface area contributed by atoms with E-state index in [1.54, 1.807) is 0 Å². The summed E-state index contributed by atoms with van der Waals surface area (Å²) < 4.78 is 0. The van der Waals surface area contributed by atoms with Crippen molar-refractivity contribution in [2.45, 2.75) is 25.4 Å². The predicted octanol–water partition coefficient (Wildman–Crippen LogP) is 1.88. The summed E-state index contributed by atoms with van der Waals surface area (Å²) in [5, 5.41) is 6.98. The molecular formula is C12H15ClN2O. The molecule has 2 atom stereocenters. The molecule has 86 valence electrons. The Balaban J connectivity index is 1.95. The summed E-state index contributed by atoms with van der Waals surface area (Å²) in [5.41, 5.74) is 1.18. The van der Waals surface area contributed by atoms with Gasteiger partial charge in [-0.3, -0.25) is 4.79 Å². The van der Waals surface area contributed by atoms with Gasteiger partial charge in [-0.25, -0.2) is 0 Å². The summed E-state index contributed by atoms with van der Waals surface area (Å²) >= 11 is 5.83. The zero-order valence-electron chi connectivity index (χ0n) is 9.16. The zero-order valence-corrected chi connectivity index (χ0v) is 9.92. The largest absolute Gasteiger partial charge is 0.354 e. The van der Waals surface area contributed by atoms with Gasteiger partial charge >= 0.3 is 0 Å². The number of hydrogen-bond acceptors (Lipinski definition) is 2. The molecule has 1 aromatic rings. The maximum atomic E-state index is 11.0. The molecule has 1 aromatic carbocycles. The third-order valence-corrected chi connectivity index (χ3v) is 3.09. The molecule has 1 amide bonds. The Bertz CT molecular complexity index is 377. The molecule has 1 aliphatic heterocycles. The van der Waals surface area contributed by atoms with Gasteiger partial charge in [0, 0.05) is 30.1 Å². The number of benzene rings is 1. The van der Waals surface area contributed by atoms with Gasteiger partial charge in [0.2, 0.25) is 5.91 Å². The van der Waals surface area contributed by atoms with Crippen LogP contribution in [0.15, 0.2) is 24.3 Å². The summed E-state index contributed by atoms with van der Waals surface area (Å²) in [6.07, 6.45) is 0.567. The molecule has 1 fully saturated rings. The van der Waals surface area contributed by atoms with Gasteiger partial charge in [0.15, 0.2) is 0 Å². The van der Waals surface area contributed by atoms with E-state index < -0.39 is 0 Å². The topological polar surface area (TPSA) is 41.1 Å². The van der Waals surface area contributed by atoms with Gasteiger partial charge < -0.3 is 10.6 Å². The minimum atomic E-state index is 0.126. The highest BCUT2D eigenvalue weighted by molar-refractivity contribution is 6.30. The number of hydrogen-bond donors (Lipinski definition) is 2. The summed E-state index contributed by atoms with van der Waals surface area (Å²) in [5.74, 6) is 0.126. The number of amides is 1. The first-order valence-corrected chi connectivity index (χ1v) is 5.81. The molecule has 3 nitrogen and oxygen atoms in total. The van der Waals surface area contributed by atoms with Crippen LogP contribution in [-0.2, 0) is 4.79 Å². The molecule has 1 aliphatic rings. The lowest BCUT2D eigenvalue weighted by Crippen LogP contribution is -2.33. The van der Waals surface area contributed by atoms with E-state index in [1.165, 1.54) is 5.56 Å². The average molecular weight is 239 g/mol. The van der Waals surface area contributed by atoms with E-state index >= 15 is 0 Å². The highest BCUT2D eigenvalue weighted by Crippen LogP contribution is 2.17. The maximum absolute atomic E-state index is 11.0. The number of rotatable bonds is 3. The number of halogens is 1. The fraction of sp³-hybridized carbons (Fsp3) is 0.417. The molecule has 16 heavy (non-hydrogen) atoms. The Labute approximate surface area is 100 Å². The third-order valence-electron chi connectivity index (χ3n) is 2.83. The summed E-state index contributed by atoms with van der Waals surface area (Å²) in [4.78, 5) is 11.0. The molecule has 0 saturated carbocycles. The second kappa shape index (κ2) is 4.85. The molecule has 0 radical (unpaired) electrons. The molecule has 0 aliphatic carbocycles. The van der Waals surface area contributed by atoms with Crippen LogP contribution in [-0.4, -0.2) is 18.5 Å². The lowest BCUT2D eigenvalue weighted by molar-refractivity contribution is -0.119.